The second-order valence-electron chi connectivity index (χ2n) is 3.84. The molecule has 0 aliphatic heterocycles. The number of esters is 1. The van der Waals surface area contributed by atoms with Gasteiger partial charge in [-0.3, -0.25) is 0 Å². The van der Waals surface area contributed by atoms with Gasteiger partial charge in [-0.25, -0.2) is 4.79 Å². The summed E-state index contributed by atoms with van der Waals surface area (Å²) in [6.45, 7) is 0. The summed E-state index contributed by atoms with van der Waals surface area (Å²) in [7, 11) is 0. The molecule has 2 aromatic carbocycles. The summed E-state index contributed by atoms with van der Waals surface area (Å²) in [6.07, 6.45) is 4.19. The first-order chi connectivity index (χ1) is 9.29. The van der Waals surface area contributed by atoms with E-state index in [-0.39, 0.29) is 0 Å². The summed E-state index contributed by atoms with van der Waals surface area (Å²) < 4.78 is 4.16. The Morgan fingerprint density at radius 1 is 1.05 bits per heavy atom. The molecule has 0 aromatic heterocycles. The van der Waals surface area contributed by atoms with Crippen LogP contribution in [0.15, 0.2) is 60.7 Å². The van der Waals surface area contributed by atoms with Gasteiger partial charge in [-0.2, -0.15) is 0 Å². The number of rotatable bonds is 3. The van der Waals surface area contributed by atoms with Crippen molar-refractivity contribution in [3.63, 3.8) is 0 Å². The molecule has 2 rings (SSSR count). The Morgan fingerprint density at radius 3 is 2.53 bits per heavy atom. The van der Waals surface area contributed by atoms with Crippen LogP contribution < -0.4 is 0 Å². The molecule has 3 heteroatoms. The van der Waals surface area contributed by atoms with Crippen molar-refractivity contribution in [3.8, 4) is 17.4 Å². The van der Waals surface area contributed by atoms with E-state index in [1.165, 1.54) is 12.3 Å². The predicted octanol–water partition coefficient (Wildman–Crippen LogP) is 3.39. The van der Waals surface area contributed by atoms with Gasteiger partial charge in [0.2, 0.25) is 0 Å². The van der Waals surface area contributed by atoms with Crippen LogP contribution in [-0.2, 0) is 9.53 Å². The number of benzene rings is 2. The van der Waals surface area contributed by atoms with Crippen molar-refractivity contribution < 1.29 is 9.53 Å². The fourth-order valence-corrected chi connectivity index (χ4v) is 1.70. The molecule has 0 radical (unpaired) electrons. The molecule has 0 heterocycles. The fraction of sp³-hybridized carbons (Fsp3) is 0. The number of hydrogen-bond acceptors (Lipinski definition) is 3. The van der Waals surface area contributed by atoms with Crippen molar-refractivity contribution in [1.29, 1.82) is 5.26 Å². The monoisotopic (exact) mass is 249 g/mol. The minimum atomic E-state index is -0.674. The number of hydrogen-bond donors (Lipinski definition) is 0. The molecular formula is C16H11NO2. The predicted molar refractivity (Wildman–Crippen MR) is 72.6 cm³/mol. The Bertz CT molecular complexity index is 639. The van der Waals surface area contributed by atoms with Crippen LogP contribution in [0.3, 0.4) is 0 Å². The molecule has 0 amide bonds. The van der Waals surface area contributed by atoms with Gasteiger partial charge in [-0.15, -0.1) is 5.26 Å². The number of carbonyl (C=O) groups is 1. The Morgan fingerprint density at radius 2 is 1.79 bits per heavy atom. The third-order valence-corrected chi connectivity index (χ3v) is 2.55. The second kappa shape index (κ2) is 6.18. The first-order valence-electron chi connectivity index (χ1n) is 5.73. The Hall–Kier alpha value is -2.86. The highest BCUT2D eigenvalue weighted by atomic mass is 16.5. The summed E-state index contributed by atoms with van der Waals surface area (Å²) in [5.41, 5.74) is 3.05. The minimum absolute atomic E-state index is 0.674. The van der Waals surface area contributed by atoms with Gasteiger partial charge < -0.3 is 4.74 Å². The van der Waals surface area contributed by atoms with Crippen molar-refractivity contribution in [2.24, 2.45) is 0 Å². The standard InChI is InChI=1S/C16H11NO2/c17-12-19-16(18)10-9-13-5-4-8-15(11-13)14-6-2-1-3-7-14/h1-11H. The van der Waals surface area contributed by atoms with E-state index in [2.05, 4.69) is 4.74 Å². The van der Waals surface area contributed by atoms with Crippen molar-refractivity contribution in [2.45, 2.75) is 0 Å². The smallest absolute Gasteiger partial charge is 0.346 e. The van der Waals surface area contributed by atoms with E-state index < -0.39 is 5.97 Å². The van der Waals surface area contributed by atoms with Crippen LogP contribution in [0.4, 0.5) is 0 Å². The van der Waals surface area contributed by atoms with Gasteiger partial charge in [0.15, 0.2) is 0 Å². The summed E-state index contributed by atoms with van der Waals surface area (Å²) in [5, 5.41) is 8.20. The lowest BCUT2D eigenvalue weighted by Gasteiger charge is -2.02. The van der Waals surface area contributed by atoms with Crippen LogP contribution in [0.1, 0.15) is 5.56 Å². The van der Waals surface area contributed by atoms with Crippen LogP contribution in [-0.4, -0.2) is 5.97 Å². The van der Waals surface area contributed by atoms with Crippen molar-refractivity contribution >= 4 is 12.0 Å². The molecule has 0 spiro atoms. The summed E-state index contributed by atoms with van der Waals surface area (Å²) in [6, 6.07) is 17.7. The van der Waals surface area contributed by atoms with Crippen LogP contribution >= 0.6 is 0 Å². The highest BCUT2D eigenvalue weighted by molar-refractivity contribution is 5.87. The lowest BCUT2D eigenvalue weighted by Crippen LogP contribution is -1.92. The van der Waals surface area contributed by atoms with Gasteiger partial charge >= 0.3 is 5.97 Å². The molecule has 0 aliphatic rings. The highest BCUT2D eigenvalue weighted by Crippen LogP contribution is 2.20. The number of nitriles is 1. The Kier molecular flexibility index (Phi) is 4.09. The highest BCUT2D eigenvalue weighted by Gasteiger charge is 1.98. The van der Waals surface area contributed by atoms with Gasteiger partial charge in [0.1, 0.15) is 0 Å². The maximum Gasteiger partial charge on any atom is 0.346 e. The largest absolute Gasteiger partial charge is 0.347 e. The van der Waals surface area contributed by atoms with E-state index in [0.29, 0.717) is 0 Å². The van der Waals surface area contributed by atoms with Crippen LogP contribution in [0.5, 0.6) is 0 Å². The average molecular weight is 249 g/mol. The lowest BCUT2D eigenvalue weighted by molar-refractivity contribution is -0.131. The first kappa shape index (κ1) is 12.6. The van der Waals surface area contributed by atoms with Crippen LogP contribution in [0.25, 0.3) is 17.2 Å². The zero-order valence-electron chi connectivity index (χ0n) is 10.1. The molecule has 19 heavy (non-hydrogen) atoms. The van der Waals surface area contributed by atoms with Crippen molar-refractivity contribution in [3.05, 3.63) is 66.2 Å². The molecule has 0 saturated carbocycles. The normalized spacial score (nSPS) is 10.1. The maximum absolute atomic E-state index is 11.0. The Balaban J connectivity index is 2.21. The van der Waals surface area contributed by atoms with E-state index in [1.54, 1.807) is 6.08 Å². The molecule has 0 bridgehead atoms. The van der Waals surface area contributed by atoms with Crippen LogP contribution in [0, 0.1) is 11.5 Å². The first-order valence-corrected chi connectivity index (χ1v) is 5.73. The number of nitrogens with zero attached hydrogens (tertiary/aromatic N) is 1. The summed E-state index contributed by atoms with van der Waals surface area (Å²) >= 11 is 0. The van der Waals surface area contributed by atoms with Gasteiger partial charge in [-0.1, -0.05) is 48.5 Å². The molecule has 92 valence electrons. The molecule has 0 saturated heterocycles. The van der Waals surface area contributed by atoms with E-state index in [1.807, 2.05) is 54.6 Å². The van der Waals surface area contributed by atoms with E-state index in [0.717, 1.165) is 16.7 Å². The second-order valence-corrected chi connectivity index (χ2v) is 3.84. The van der Waals surface area contributed by atoms with Gasteiger partial charge in [0.25, 0.3) is 6.26 Å². The molecule has 0 aliphatic carbocycles. The zero-order chi connectivity index (χ0) is 13.5. The van der Waals surface area contributed by atoms with Crippen molar-refractivity contribution in [2.75, 3.05) is 0 Å². The fourth-order valence-electron chi connectivity index (χ4n) is 1.70. The number of carbonyl (C=O) groups excluding carboxylic acids is 1. The summed E-state index contributed by atoms with van der Waals surface area (Å²) in [5.74, 6) is -0.674. The molecule has 2 aromatic rings. The van der Waals surface area contributed by atoms with Gasteiger partial charge in [0.05, 0.1) is 0 Å². The SMILES string of the molecule is N#COC(=O)C=Cc1cccc(-c2ccccc2)c1. The maximum atomic E-state index is 11.0. The quantitative estimate of drug-likeness (QED) is 0.476. The Labute approximate surface area is 111 Å². The van der Waals surface area contributed by atoms with E-state index >= 15 is 0 Å². The van der Waals surface area contributed by atoms with Gasteiger partial charge in [0, 0.05) is 6.08 Å². The molecule has 0 unspecified atom stereocenters. The summed E-state index contributed by atoms with van der Waals surface area (Å²) in [4.78, 5) is 11.0. The molecular weight excluding hydrogens is 238 g/mol. The van der Waals surface area contributed by atoms with E-state index in [9.17, 15) is 4.79 Å². The average Bonchev–Trinajstić information content (AvgIpc) is 2.47. The molecule has 0 fully saturated rings. The lowest BCUT2D eigenvalue weighted by atomic mass is 10.0. The molecule has 0 N–H and O–H groups in total. The topological polar surface area (TPSA) is 50.1 Å². The third-order valence-electron chi connectivity index (χ3n) is 2.55. The van der Waals surface area contributed by atoms with E-state index in [4.69, 9.17) is 5.26 Å². The zero-order valence-corrected chi connectivity index (χ0v) is 10.1. The number of ether oxygens (including phenoxy) is 1. The minimum Gasteiger partial charge on any atom is -0.347 e. The van der Waals surface area contributed by atoms with Crippen molar-refractivity contribution in [1.82, 2.24) is 0 Å². The molecule has 0 atom stereocenters. The van der Waals surface area contributed by atoms with Gasteiger partial charge in [-0.05, 0) is 28.8 Å². The molecule has 3 nitrogen and oxygen atoms in total. The van der Waals surface area contributed by atoms with Crippen LogP contribution in [0.2, 0.25) is 0 Å². The third kappa shape index (κ3) is 3.55.